The van der Waals surface area contributed by atoms with Crippen molar-refractivity contribution in [1.82, 2.24) is 0 Å². The zero-order chi connectivity index (χ0) is 9.97. The number of nitrogens with two attached hydrogens (primary N) is 1. The van der Waals surface area contributed by atoms with Gasteiger partial charge in [-0.15, -0.1) is 11.3 Å². The van der Waals surface area contributed by atoms with Crippen molar-refractivity contribution < 1.29 is 9.47 Å². The minimum Gasteiger partial charge on any atom is -0.496 e. The van der Waals surface area contributed by atoms with Crippen LogP contribution >= 0.6 is 11.3 Å². The standard InChI is InChI=1S/C10H13NO2S/c1-12-7-5-9(14-6-7)10(11)8-3-2-4-13-8/h3,5-6,10H,2,4,11H2,1H3. The fourth-order valence-corrected chi connectivity index (χ4v) is 2.26. The summed E-state index contributed by atoms with van der Waals surface area (Å²) in [4.78, 5) is 1.08. The van der Waals surface area contributed by atoms with Crippen LogP contribution in [0.1, 0.15) is 17.3 Å². The Morgan fingerprint density at radius 3 is 3.07 bits per heavy atom. The average molecular weight is 211 g/mol. The van der Waals surface area contributed by atoms with E-state index in [1.165, 1.54) is 0 Å². The van der Waals surface area contributed by atoms with Gasteiger partial charge in [-0.05, 0) is 12.1 Å². The van der Waals surface area contributed by atoms with E-state index in [-0.39, 0.29) is 6.04 Å². The molecule has 0 aromatic carbocycles. The van der Waals surface area contributed by atoms with E-state index in [9.17, 15) is 0 Å². The predicted octanol–water partition coefficient (Wildman–Crippen LogP) is 2.06. The summed E-state index contributed by atoms with van der Waals surface area (Å²) in [7, 11) is 1.66. The lowest BCUT2D eigenvalue weighted by atomic mass is 10.2. The molecule has 0 fully saturated rings. The van der Waals surface area contributed by atoms with Crippen molar-refractivity contribution in [2.45, 2.75) is 12.5 Å². The monoisotopic (exact) mass is 211 g/mol. The first-order valence-electron chi connectivity index (χ1n) is 4.52. The summed E-state index contributed by atoms with van der Waals surface area (Å²) in [5, 5.41) is 1.95. The van der Waals surface area contributed by atoms with Crippen LogP contribution in [-0.4, -0.2) is 13.7 Å². The van der Waals surface area contributed by atoms with E-state index < -0.39 is 0 Å². The molecule has 0 spiro atoms. The largest absolute Gasteiger partial charge is 0.496 e. The lowest BCUT2D eigenvalue weighted by molar-refractivity contribution is 0.226. The minimum absolute atomic E-state index is 0.133. The van der Waals surface area contributed by atoms with Gasteiger partial charge in [0.25, 0.3) is 0 Å². The van der Waals surface area contributed by atoms with E-state index >= 15 is 0 Å². The van der Waals surface area contributed by atoms with E-state index in [2.05, 4.69) is 6.08 Å². The van der Waals surface area contributed by atoms with Crippen LogP contribution in [0, 0.1) is 0 Å². The Kier molecular flexibility index (Phi) is 2.74. The maximum Gasteiger partial charge on any atom is 0.129 e. The fraction of sp³-hybridized carbons (Fsp3) is 0.400. The summed E-state index contributed by atoms with van der Waals surface area (Å²) in [6, 6.07) is 1.82. The molecule has 76 valence electrons. The number of rotatable bonds is 3. The van der Waals surface area contributed by atoms with E-state index in [0.717, 1.165) is 29.4 Å². The van der Waals surface area contributed by atoms with E-state index in [1.54, 1.807) is 18.4 Å². The fourth-order valence-electron chi connectivity index (χ4n) is 1.40. The van der Waals surface area contributed by atoms with Crippen LogP contribution in [-0.2, 0) is 4.74 Å². The molecule has 0 saturated carbocycles. The first-order chi connectivity index (χ1) is 6.81. The van der Waals surface area contributed by atoms with Crippen molar-refractivity contribution in [3.8, 4) is 5.75 Å². The quantitative estimate of drug-likeness (QED) is 0.832. The van der Waals surface area contributed by atoms with Crippen molar-refractivity contribution in [1.29, 1.82) is 0 Å². The molecule has 1 aliphatic rings. The second-order valence-corrected chi connectivity index (χ2v) is 4.05. The summed E-state index contributed by atoms with van der Waals surface area (Å²) in [6.07, 6.45) is 3.02. The SMILES string of the molecule is COc1csc(C(N)C2=CCCO2)c1. The number of hydrogen-bond donors (Lipinski definition) is 1. The number of ether oxygens (including phenoxy) is 2. The molecule has 0 aliphatic carbocycles. The Hall–Kier alpha value is -1.00. The Bertz CT molecular complexity index is 346. The Labute approximate surface area is 87.1 Å². The summed E-state index contributed by atoms with van der Waals surface area (Å²) in [5.74, 6) is 1.74. The molecule has 1 atom stereocenters. The van der Waals surface area contributed by atoms with E-state index in [4.69, 9.17) is 15.2 Å². The molecular formula is C10H13NO2S. The molecule has 0 saturated heterocycles. The highest BCUT2D eigenvalue weighted by atomic mass is 32.1. The molecule has 2 heterocycles. The van der Waals surface area contributed by atoms with Crippen molar-refractivity contribution in [2.24, 2.45) is 5.73 Å². The molecule has 1 unspecified atom stereocenters. The number of hydrogen-bond acceptors (Lipinski definition) is 4. The van der Waals surface area contributed by atoms with Gasteiger partial charge in [0, 0.05) is 16.7 Å². The first-order valence-corrected chi connectivity index (χ1v) is 5.40. The molecule has 4 heteroatoms. The third kappa shape index (κ3) is 1.76. The molecule has 1 aromatic heterocycles. The van der Waals surface area contributed by atoms with Crippen LogP contribution < -0.4 is 10.5 Å². The van der Waals surface area contributed by atoms with Gasteiger partial charge in [-0.1, -0.05) is 0 Å². The lowest BCUT2D eigenvalue weighted by Gasteiger charge is -2.10. The van der Waals surface area contributed by atoms with Crippen molar-refractivity contribution >= 4 is 11.3 Å². The second kappa shape index (κ2) is 4.02. The maximum absolute atomic E-state index is 6.03. The first kappa shape index (κ1) is 9.55. The average Bonchev–Trinajstić information content (AvgIpc) is 2.88. The summed E-state index contributed by atoms with van der Waals surface area (Å²) in [5.41, 5.74) is 6.03. The summed E-state index contributed by atoms with van der Waals surface area (Å²) in [6.45, 7) is 0.755. The van der Waals surface area contributed by atoms with Crippen molar-refractivity contribution in [2.75, 3.05) is 13.7 Å². The van der Waals surface area contributed by atoms with Gasteiger partial charge in [0.2, 0.25) is 0 Å². The van der Waals surface area contributed by atoms with Gasteiger partial charge in [0.05, 0.1) is 19.8 Å². The van der Waals surface area contributed by atoms with Crippen molar-refractivity contribution in [3.63, 3.8) is 0 Å². The second-order valence-electron chi connectivity index (χ2n) is 3.11. The zero-order valence-electron chi connectivity index (χ0n) is 8.03. The van der Waals surface area contributed by atoms with E-state index in [1.807, 2.05) is 11.4 Å². The molecular weight excluding hydrogens is 198 g/mol. The van der Waals surface area contributed by atoms with Crippen LogP contribution in [0.25, 0.3) is 0 Å². The van der Waals surface area contributed by atoms with Crippen molar-refractivity contribution in [3.05, 3.63) is 28.2 Å². The van der Waals surface area contributed by atoms with Gasteiger partial charge < -0.3 is 15.2 Å². The highest BCUT2D eigenvalue weighted by Gasteiger charge is 2.18. The Balaban J connectivity index is 2.13. The topological polar surface area (TPSA) is 44.5 Å². The van der Waals surface area contributed by atoms with Crippen LogP contribution in [0.5, 0.6) is 5.75 Å². The van der Waals surface area contributed by atoms with Gasteiger partial charge in [-0.25, -0.2) is 0 Å². The van der Waals surface area contributed by atoms with Gasteiger partial charge in [0.15, 0.2) is 0 Å². The molecule has 0 bridgehead atoms. The van der Waals surface area contributed by atoms with E-state index in [0.29, 0.717) is 0 Å². The lowest BCUT2D eigenvalue weighted by Crippen LogP contribution is -2.11. The van der Waals surface area contributed by atoms with Gasteiger partial charge >= 0.3 is 0 Å². The highest BCUT2D eigenvalue weighted by Crippen LogP contribution is 2.31. The predicted molar refractivity (Wildman–Crippen MR) is 56.5 cm³/mol. The van der Waals surface area contributed by atoms with Crippen LogP contribution in [0.3, 0.4) is 0 Å². The molecule has 2 N–H and O–H groups in total. The van der Waals surface area contributed by atoms with Gasteiger partial charge in [-0.2, -0.15) is 0 Å². The van der Waals surface area contributed by atoms with Gasteiger partial charge in [-0.3, -0.25) is 0 Å². The smallest absolute Gasteiger partial charge is 0.129 e. The normalized spacial score (nSPS) is 17.4. The summed E-state index contributed by atoms with van der Waals surface area (Å²) >= 11 is 1.60. The molecule has 1 aromatic rings. The molecule has 14 heavy (non-hydrogen) atoms. The maximum atomic E-state index is 6.03. The molecule has 3 nitrogen and oxygen atoms in total. The van der Waals surface area contributed by atoms with Crippen LogP contribution in [0.15, 0.2) is 23.3 Å². The van der Waals surface area contributed by atoms with Crippen LogP contribution in [0.2, 0.25) is 0 Å². The number of methoxy groups -OCH3 is 1. The molecule has 0 amide bonds. The highest BCUT2D eigenvalue weighted by molar-refractivity contribution is 7.10. The molecule has 0 radical (unpaired) electrons. The van der Waals surface area contributed by atoms with Crippen LogP contribution in [0.4, 0.5) is 0 Å². The third-order valence-corrected chi connectivity index (χ3v) is 3.17. The third-order valence-electron chi connectivity index (χ3n) is 2.18. The number of thiophene rings is 1. The zero-order valence-corrected chi connectivity index (χ0v) is 8.84. The minimum atomic E-state index is -0.133. The Morgan fingerprint density at radius 1 is 1.64 bits per heavy atom. The van der Waals surface area contributed by atoms with Gasteiger partial charge in [0.1, 0.15) is 11.5 Å². The molecule has 1 aliphatic heterocycles. The molecule has 2 rings (SSSR count). The Morgan fingerprint density at radius 2 is 2.50 bits per heavy atom. The summed E-state index contributed by atoms with van der Waals surface area (Å²) < 4.78 is 10.5.